The second-order valence-electron chi connectivity index (χ2n) is 9.50. The van der Waals surface area contributed by atoms with E-state index in [0.29, 0.717) is 19.4 Å². The number of fused-ring (bicyclic) bond motifs is 1. The van der Waals surface area contributed by atoms with Crippen molar-refractivity contribution >= 4 is 22.7 Å². The fraction of sp³-hybridized carbons (Fsp3) is 0.467. The fourth-order valence-electron chi connectivity index (χ4n) is 4.48. The van der Waals surface area contributed by atoms with Crippen molar-refractivity contribution in [2.75, 3.05) is 20.1 Å². The van der Waals surface area contributed by atoms with E-state index in [1.165, 1.54) is 5.56 Å². The molecule has 2 amide bonds. The normalized spacial score (nSPS) is 11.0. The highest BCUT2D eigenvalue weighted by molar-refractivity contribution is 5.89. The van der Waals surface area contributed by atoms with Gasteiger partial charge < -0.3 is 14.8 Å². The zero-order chi connectivity index (χ0) is 24.9. The third-order valence-corrected chi connectivity index (χ3v) is 6.58. The van der Waals surface area contributed by atoms with Crippen LogP contribution in [-0.4, -0.2) is 41.4 Å². The zero-order valence-corrected chi connectivity index (χ0v) is 21.5. The van der Waals surface area contributed by atoms with Crippen molar-refractivity contribution in [2.24, 2.45) is 0 Å². The third kappa shape index (κ3) is 8.57. The van der Waals surface area contributed by atoms with E-state index in [0.717, 1.165) is 74.5 Å². The number of nitrogens with one attached hydrogen (secondary N) is 1. The minimum atomic E-state index is 0.0772. The lowest BCUT2D eigenvalue weighted by molar-refractivity contribution is -0.130. The molecule has 0 aliphatic carbocycles. The number of aromatic nitrogens is 1. The van der Waals surface area contributed by atoms with E-state index in [2.05, 4.69) is 59.4 Å². The predicted molar refractivity (Wildman–Crippen MR) is 144 cm³/mol. The minimum Gasteiger partial charge on any atom is -0.356 e. The van der Waals surface area contributed by atoms with Crippen molar-refractivity contribution in [2.45, 2.75) is 71.3 Å². The summed E-state index contributed by atoms with van der Waals surface area (Å²) in [6.07, 6.45) is 10.5. The molecule has 2 aromatic carbocycles. The van der Waals surface area contributed by atoms with E-state index in [4.69, 9.17) is 0 Å². The van der Waals surface area contributed by atoms with E-state index in [1.54, 1.807) is 0 Å². The molecule has 5 heteroatoms. The van der Waals surface area contributed by atoms with Crippen molar-refractivity contribution < 1.29 is 9.59 Å². The van der Waals surface area contributed by atoms with E-state index >= 15 is 0 Å². The number of para-hydroxylation sites is 1. The molecule has 1 aromatic heterocycles. The van der Waals surface area contributed by atoms with Crippen LogP contribution in [0.5, 0.6) is 0 Å². The second-order valence-corrected chi connectivity index (χ2v) is 9.50. The Hall–Kier alpha value is -3.08. The molecule has 0 spiro atoms. The molecule has 0 bridgehead atoms. The maximum atomic E-state index is 12.6. The quantitative estimate of drug-likeness (QED) is 0.276. The van der Waals surface area contributed by atoms with Gasteiger partial charge >= 0.3 is 0 Å². The van der Waals surface area contributed by atoms with Gasteiger partial charge in [0.1, 0.15) is 0 Å². The standard InChI is InChI=1S/C30H41N3O2/c1-3-4-21-32(2)30(35)19-11-6-5-7-14-20-31-29(34)22-26-24-33(23-25-15-9-8-10-16-25)28-18-13-12-17-27(26)28/h8-10,12-13,15-18,24H,3-7,11,14,19-23H2,1-2H3,(H,31,34). The van der Waals surface area contributed by atoms with Crippen LogP contribution in [0.3, 0.4) is 0 Å². The molecule has 5 nitrogen and oxygen atoms in total. The SMILES string of the molecule is CCCCN(C)C(=O)CCCCCCCNC(=O)Cc1cn(Cc2ccccc2)c2ccccc12. The largest absolute Gasteiger partial charge is 0.356 e. The first-order chi connectivity index (χ1) is 17.1. The Morgan fingerprint density at radius 2 is 1.60 bits per heavy atom. The predicted octanol–water partition coefficient (Wildman–Crippen LogP) is 5.95. The number of benzene rings is 2. The van der Waals surface area contributed by atoms with E-state index in [-0.39, 0.29) is 11.8 Å². The minimum absolute atomic E-state index is 0.0772. The summed E-state index contributed by atoms with van der Waals surface area (Å²) in [6, 6.07) is 18.7. The molecule has 0 saturated heterocycles. The molecule has 35 heavy (non-hydrogen) atoms. The number of nitrogens with zero attached hydrogens (tertiary/aromatic N) is 2. The first-order valence-electron chi connectivity index (χ1n) is 13.2. The number of hydrogen-bond acceptors (Lipinski definition) is 2. The molecule has 0 aliphatic heterocycles. The van der Waals surface area contributed by atoms with Crippen LogP contribution in [0.25, 0.3) is 10.9 Å². The van der Waals surface area contributed by atoms with Gasteiger partial charge in [-0.15, -0.1) is 0 Å². The Bertz CT molecular complexity index is 1060. The van der Waals surface area contributed by atoms with E-state index in [1.807, 2.05) is 30.1 Å². The van der Waals surface area contributed by atoms with Gasteiger partial charge in [-0.05, 0) is 36.5 Å². The molecule has 0 aliphatic rings. The number of hydrogen-bond donors (Lipinski definition) is 1. The van der Waals surface area contributed by atoms with Gasteiger partial charge in [-0.1, -0.05) is 81.1 Å². The van der Waals surface area contributed by atoms with Crippen LogP contribution in [0, 0.1) is 0 Å². The lowest BCUT2D eigenvalue weighted by Gasteiger charge is -2.16. The fourth-order valence-corrected chi connectivity index (χ4v) is 4.48. The maximum Gasteiger partial charge on any atom is 0.224 e. The van der Waals surface area contributed by atoms with Crippen molar-refractivity contribution in [3.8, 4) is 0 Å². The summed E-state index contributed by atoms with van der Waals surface area (Å²) < 4.78 is 2.24. The van der Waals surface area contributed by atoms with Crippen LogP contribution < -0.4 is 5.32 Å². The van der Waals surface area contributed by atoms with Crippen molar-refractivity contribution in [3.63, 3.8) is 0 Å². The molecule has 188 valence electrons. The van der Waals surface area contributed by atoms with Gasteiger partial charge in [0.25, 0.3) is 0 Å². The zero-order valence-electron chi connectivity index (χ0n) is 21.5. The number of carbonyl (C=O) groups excluding carboxylic acids is 2. The number of rotatable bonds is 15. The third-order valence-electron chi connectivity index (χ3n) is 6.58. The molecule has 0 atom stereocenters. The first-order valence-corrected chi connectivity index (χ1v) is 13.2. The smallest absolute Gasteiger partial charge is 0.224 e. The first kappa shape index (κ1) is 26.5. The van der Waals surface area contributed by atoms with E-state index in [9.17, 15) is 9.59 Å². The molecular weight excluding hydrogens is 434 g/mol. The Balaban J connectivity index is 1.36. The van der Waals surface area contributed by atoms with Crippen LogP contribution in [0.4, 0.5) is 0 Å². The van der Waals surface area contributed by atoms with Gasteiger partial charge in [0.2, 0.25) is 11.8 Å². The molecule has 1 heterocycles. The molecule has 3 aromatic rings. The number of unbranched alkanes of at least 4 members (excludes halogenated alkanes) is 5. The van der Waals surface area contributed by atoms with Crippen LogP contribution in [0.1, 0.15) is 69.4 Å². The monoisotopic (exact) mass is 475 g/mol. The molecule has 0 fully saturated rings. The van der Waals surface area contributed by atoms with Gasteiger partial charge in [0.05, 0.1) is 6.42 Å². The van der Waals surface area contributed by atoms with Crippen LogP contribution in [-0.2, 0) is 22.6 Å². The van der Waals surface area contributed by atoms with Gasteiger partial charge in [-0.3, -0.25) is 9.59 Å². The van der Waals surface area contributed by atoms with Gasteiger partial charge in [0.15, 0.2) is 0 Å². The van der Waals surface area contributed by atoms with Crippen molar-refractivity contribution in [1.29, 1.82) is 0 Å². The summed E-state index contributed by atoms with van der Waals surface area (Å²) >= 11 is 0. The Morgan fingerprint density at radius 1 is 0.886 bits per heavy atom. The van der Waals surface area contributed by atoms with Gasteiger partial charge in [-0.25, -0.2) is 0 Å². The molecule has 1 N–H and O–H groups in total. The summed E-state index contributed by atoms with van der Waals surface area (Å²) in [7, 11) is 1.90. The topological polar surface area (TPSA) is 54.3 Å². The Labute approximate surface area is 210 Å². The number of carbonyl (C=O) groups is 2. The van der Waals surface area contributed by atoms with E-state index < -0.39 is 0 Å². The lowest BCUT2D eigenvalue weighted by atomic mass is 10.1. The summed E-state index contributed by atoms with van der Waals surface area (Å²) in [4.78, 5) is 26.5. The molecule has 0 saturated carbocycles. The van der Waals surface area contributed by atoms with Crippen molar-refractivity contribution in [3.05, 3.63) is 71.9 Å². The highest BCUT2D eigenvalue weighted by atomic mass is 16.2. The molecule has 3 rings (SSSR count). The van der Waals surface area contributed by atoms with Crippen LogP contribution in [0.2, 0.25) is 0 Å². The second kappa shape index (κ2) is 14.3. The summed E-state index contributed by atoms with van der Waals surface area (Å²) in [5.41, 5.74) is 3.48. The summed E-state index contributed by atoms with van der Waals surface area (Å²) in [6.45, 7) is 4.51. The summed E-state index contributed by atoms with van der Waals surface area (Å²) in [5.74, 6) is 0.337. The number of amides is 2. The van der Waals surface area contributed by atoms with Gasteiger partial charge in [0, 0.05) is 50.2 Å². The lowest BCUT2D eigenvalue weighted by Crippen LogP contribution is -2.27. The Kier molecular flexibility index (Phi) is 10.9. The van der Waals surface area contributed by atoms with Gasteiger partial charge in [-0.2, -0.15) is 0 Å². The highest BCUT2D eigenvalue weighted by Crippen LogP contribution is 2.23. The average Bonchev–Trinajstić information content (AvgIpc) is 3.21. The molecular formula is C30H41N3O2. The maximum absolute atomic E-state index is 12.6. The molecule has 0 unspecified atom stereocenters. The Morgan fingerprint density at radius 3 is 2.40 bits per heavy atom. The van der Waals surface area contributed by atoms with Crippen LogP contribution >= 0.6 is 0 Å². The molecule has 0 radical (unpaired) electrons. The summed E-state index contributed by atoms with van der Waals surface area (Å²) in [5, 5.41) is 4.24. The average molecular weight is 476 g/mol. The highest BCUT2D eigenvalue weighted by Gasteiger charge is 2.12. The van der Waals surface area contributed by atoms with Crippen LogP contribution in [0.15, 0.2) is 60.8 Å². The van der Waals surface area contributed by atoms with Crippen molar-refractivity contribution in [1.82, 2.24) is 14.8 Å².